The van der Waals surface area contributed by atoms with Crippen LogP contribution in [0.4, 0.5) is 0 Å². The van der Waals surface area contributed by atoms with E-state index < -0.39 is 0 Å². The van der Waals surface area contributed by atoms with Crippen molar-refractivity contribution in [1.29, 1.82) is 0 Å². The van der Waals surface area contributed by atoms with Crippen LogP contribution in [0.5, 0.6) is 0 Å². The maximum atomic E-state index is 12.3. The van der Waals surface area contributed by atoms with Gasteiger partial charge in [-0.1, -0.05) is 18.2 Å². The fourth-order valence-corrected chi connectivity index (χ4v) is 3.13. The number of hydrogen-bond acceptors (Lipinski definition) is 2. The van der Waals surface area contributed by atoms with E-state index in [0.29, 0.717) is 6.04 Å². The Morgan fingerprint density at radius 3 is 2.44 bits per heavy atom. The van der Waals surface area contributed by atoms with Crippen LogP contribution in [0.25, 0.3) is 0 Å². The fourth-order valence-electron chi connectivity index (χ4n) is 2.14. The van der Waals surface area contributed by atoms with Crippen LogP contribution < -0.4 is 0 Å². The molecule has 0 radical (unpaired) electrons. The van der Waals surface area contributed by atoms with Crippen LogP contribution in [0, 0.1) is 5.92 Å². The lowest BCUT2D eigenvalue weighted by Crippen LogP contribution is -2.40. The van der Waals surface area contributed by atoms with E-state index in [0.717, 1.165) is 10.8 Å². The average Bonchev–Trinajstić information content (AvgIpc) is 3.21. The standard InChI is InChI=1S/C15H21NOS/c1-11(13-9-10-13)16(3)15(17)12(2)18-14-7-5-4-6-8-14/h4-8,11-13H,9-10H2,1-3H3. The molecule has 2 nitrogen and oxygen atoms in total. The molecular formula is C15H21NOS. The number of benzene rings is 1. The molecule has 1 aromatic rings. The quantitative estimate of drug-likeness (QED) is 0.759. The van der Waals surface area contributed by atoms with E-state index >= 15 is 0 Å². The minimum Gasteiger partial charge on any atom is -0.342 e. The number of carbonyl (C=O) groups is 1. The second-order valence-electron chi connectivity index (χ2n) is 5.10. The van der Waals surface area contributed by atoms with Crippen LogP contribution in [0.15, 0.2) is 35.2 Å². The van der Waals surface area contributed by atoms with Crippen LogP contribution in [0.1, 0.15) is 26.7 Å². The Morgan fingerprint density at radius 2 is 1.89 bits per heavy atom. The molecule has 1 aliphatic carbocycles. The molecule has 1 aliphatic rings. The van der Waals surface area contributed by atoms with Gasteiger partial charge in [0.1, 0.15) is 0 Å². The van der Waals surface area contributed by atoms with Crippen molar-refractivity contribution >= 4 is 17.7 Å². The van der Waals surface area contributed by atoms with Crippen molar-refractivity contribution in [2.24, 2.45) is 5.92 Å². The van der Waals surface area contributed by atoms with Gasteiger partial charge in [0.25, 0.3) is 0 Å². The summed E-state index contributed by atoms with van der Waals surface area (Å²) in [6.07, 6.45) is 2.55. The van der Waals surface area contributed by atoms with Crippen molar-refractivity contribution in [3.8, 4) is 0 Å². The smallest absolute Gasteiger partial charge is 0.235 e. The van der Waals surface area contributed by atoms with E-state index in [-0.39, 0.29) is 11.2 Å². The molecule has 1 amide bonds. The molecule has 0 aromatic heterocycles. The highest BCUT2D eigenvalue weighted by molar-refractivity contribution is 8.00. The zero-order valence-corrected chi connectivity index (χ0v) is 12.1. The second kappa shape index (κ2) is 5.79. The van der Waals surface area contributed by atoms with E-state index in [1.54, 1.807) is 11.8 Å². The number of thioether (sulfide) groups is 1. The molecule has 0 bridgehead atoms. The van der Waals surface area contributed by atoms with E-state index in [1.165, 1.54) is 12.8 Å². The molecule has 1 saturated carbocycles. The topological polar surface area (TPSA) is 20.3 Å². The van der Waals surface area contributed by atoms with Crippen molar-refractivity contribution in [3.05, 3.63) is 30.3 Å². The molecule has 3 heteroatoms. The van der Waals surface area contributed by atoms with E-state index in [4.69, 9.17) is 0 Å². The summed E-state index contributed by atoms with van der Waals surface area (Å²) in [6, 6.07) is 10.5. The van der Waals surface area contributed by atoms with E-state index in [1.807, 2.05) is 37.1 Å². The maximum absolute atomic E-state index is 12.3. The Bertz CT molecular complexity index is 402. The molecule has 0 N–H and O–H groups in total. The highest BCUT2D eigenvalue weighted by atomic mass is 32.2. The first-order valence-corrected chi connectivity index (χ1v) is 7.46. The van der Waals surface area contributed by atoms with Crippen LogP contribution in [0.2, 0.25) is 0 Å². The van der Waals surface area contributed by atoms with Gasteiger partial charge >= 0.3 is 0 Å². The average molecular weight is 263 g/mol. The van der Waals surface area contributed by atoms with Crippen LogP contribution in [-0.2, 0) is 4.79 Å². The van der Waals surface area contributed by atoms with Crippen molar-refractivity contribution < 1.29 is 4.79 Å². The van der Waals surface area contributed by atoms with Crippen LogP contribution in [0.3, 0.4) is 0 Å². The van der Waals surface area contributed by atoms with Crippen LogP contribution in [-0.4, -0.2) is 29.1 Å². The lowest BCUT2D eigenvalue weighted by molar-refractivity contribution is -0.131. The monoisotopic (exact) mass is 263 g/mol. The van der Waals surface area contributed by atoms with Gasteiger partial charge in [0.15, 0.2) is 0 Å². The molecule has 0 spiro atoms. The molecule has 2 unspecified atom stereocenters. The normalized spacial score (nSPS) is 18.2. The third-order valence-corrected chi connectivity index (χ3v) is 4.77. The lowest BCUT2D eigenvalue weighted by Gasteiger charge is -2.27. The summed E-state index contributed by atoms with van der Waals surface area (Å²) in [5.74, 6) is 0.969. The predicted octanol–water partition coefficient (Wildman–Crippen LogP) is 3.42. The minimum absolute atomic E-state index is 0.0152. The van der Waals surface area contributed by atoms with E-state index in [9.17, 15) is 4.79 Å². The number of hydrogen-bond donors (Lipinski definition) is 0. The molecule has 2 rings (SSSR count). The molecule has 1 aromatic carbocycles. The van der Waals surface area contributed by atoms with Crippen LogP contribution >= 0.6 is 11.8 Å². The largest absolute Gasteiger partial charge is 0.342 e. The zero-order chi connectivity index (χ0) is 13.1. The summed E-state index contributed by atoms with van der Waals surface area (Å²) in [5, 5.41) is -0.0152. The molecule has 1 fully saturated rings. The Morgan fingerprint density at radius 1 is 1.28 bits per heavy atom. The van der Waals surface area contributed by atoms with Crippen molar-refractivity contribution in [3.63, 3.8) is 0 Å². The number of rotatable bonds is 5. The minimum atomic E-state index is -0.0152. The summed E-state index contributed by atoms with van der Waals surface area (Å²) >= 11 is 1.64. The van der Waals surface area contributed by atoms with Crippen molar-refractivity contribution in [2.45, 2.75) is 42.9 Å². The Kier molecular flexibility index (Phi) is 4.33. The molecule has 0 saturated heterocycles. The summed E-state index contributed by atoms with van der Waals surface area (Å²) in [4.78, 5) is 15.4. The fraction of sp³-hybridized carbons (Fsp3) is 0.533. The summed E-state index contributed by atoms with van der Waals surface area (Å²) in [7, 11) is 1.94. The van der Waals surface area contributed by atoms with Gasteiger partial charge in [-0.2, -0.15) is 0 Å². The van der Waals surface area contributed by atoms with Gasteiger partial charge in [-0.25, -0.2) is 0 Å². The van der Waals surface area contributed by atoms with Gasteiger partial charge < -0.3 is 4.90 Å². The molecule has 18 heavy (non-hydrogen) atoms. The van der Waals surface area contributed by atoms with Crippen molar-refractivity contribution in [1.82, 2.24) is 4.90 Å². The SMILES string of the molecule is CC(Sc1ccccc1)C(=O)N(C)C(C)C1CC1. The zero-order valence-electron chi connectivity index (χ0n) is 11.3. The number of carbonyl (C=O) groups excluding carboxylic acids is 1. The Hall–Kier alpha value is -0.960. The lowest BCUT2D eigenvalue weighted by atomic mass is 10.2. The maximum Gasteiger partial charge on any atom is 0.235 e. The van der Waals surface area contributed by atoms with Gasteiger partial charge in [-0.05, 0) is 44.7 Å². The predicted molar refractivity (Wildman–Crippen MR) is 76.7 cm³/mol. The third kappa shape index (κ3) is 3.29. The summed E-state index contributed by atoms with van der Waals surface area (Å²) in [6.45, 7) is 4.16. The van der Waals surface area contributed by atoms with Gasteiger partial charge in [0.05, 0.1) is 5.25 Å². The van der Waals surface area contributed by atoms with Gasteiger partial charge in [0, 0.05) is 18.0 Å². The van der Waals surface area contributed by atoms with Gasteiger partial charge in [-0.3, -0.25) is 4.79 Å². The van der Waals surface area contributed by atoms with Gasteiger partial charge in [-0.15, -0.1) is 11.8 Å². The second-order valence-corrected chi connectivity index (χ2v) is 6.51. The van der Waals surface area contributed by atoms with Gasteiger partial charge in [0.2, 0.25) is 5.91 Å². The first-order valence-electron chi connectivity index (χ1n) is 6.58. The number of nitrogens with zero attached hydrogens (tertiary/aromatic N) is 1. The molecule has 98 valence electrons. The van der Waals surface area contributed by atoms with Crippen molar-refractivity contribution in [2.75, 3.05) is 7.05 Å². The molecule has 0 aliphatic heterocycles. The highest BCUT2D eigenvalue weighted by Gasteiger charge is 2.33. The van der Waals surface area contributed by atoms with E-state index in [2.05, 4.69) is 19.1 Å². The molecule has 2 atom stereocenters. The summed E-state index contributed by atoms with van der Waals surface area (Å²) < 4.78 is 0. The highest BCUT2D eigenvalue weighted by Crippen LogP contribution is 2.35. The summed E-state index contributed by atoms with van der Waals surface area (Å²) in [5.41, 5.74) is 0. The first kappa shape index (κ1) is 13.5. The third-order valence-electron chi connectivity index (χ3n) is 3.67. The first-order chi connectivity index (χ1) is 8.59. The Balaban J connectivity index is 1.91. The molecular weight excluding hydrogens is 242 g/mol. The Labute approximate surface area is 114 Å². The molecule has 0 heterocycles. The number of amides is 1.